The van der Waals surface area contributed by atoms with Gasteiger partial charge in [-0.25, -0.2) is 8.42 Å². The van der Waals surface area contributed by atoms with Crippen LogP contribution in [0.15, 0.2) is 40.3 Å². The summed E-state index contributed by atoms with van der Waals surface area (Å²) in [5.74, 6) is 0.361. The number of hydrogen-bond donors (Lipinski definition) is 0. The highest BCUT2D eigenvalue weighted by atomic mass is 35.6. The number of sulfonamides is 1. The zero-order chi connectivity index (χ0) is 22.5. The molecule has 3 atom stereocenters. The highest BCUT2D eigenvalue weighted by Gasteiger charge is 2.56. The summed E-state index contributed by atoms with van der Waals surface area (Å²) >= 11 is 18.8. The van der Waals surface area contributed by atoms with Crippen LogP contribution in [0.4, 0.5) is 0 Å². The van der Waals surface area contributed by atoms with E-state index in [2.05, 4.69) is 13.8 Å². The number of hydrogen-bond acceptors (Lipinski definition) is 3. The molecule has 1 aromatic rings. The second kappa shape index (κ2) is 8.57. The summed E-state index contributed by atoms with van der Waals surface area (Å²) in [6.45, 7) is 10.9. The average Bonchev–Trinajstić information content (AvgIpc) is 2.96. The van der Waals surface area contributed by atoms with Crippen molar-refractivity contribution in [1.82, 2.24) is 4.31 Å². The van der Waals surface area contributed by atoms with Crippen molar-refractivity contribution >= 4 is 44.8 Å². The maximum Gasteiger partial charge on any atom is 0.243 e. The van der Waals surface area contributed by atoms with E-state index < -0.39 is 25.5 Å². The fraction of sp³-hybridized carbons (Fsp3) is 0.636. The van der Waals surface area contributed by atoms with Crippen LogP contribution in [0.2, 0.25) is 0 Å². The predicted octanol–water partition coefficient (Wildman–Crippen LogP) is 5.90. The molecule has 4 nitrogen and oxygen atoms in total. The topological polar surface area (TPSA) is 46.6 Å². The first-order valence-corrected chi connectivity index (χ1v) is 12.8. The normalized spacial score (nSPS) is 28.7. The molecule has 8 heteroatoms. The maximum absolute atomic E-state index is 13.3. The fourth-order valence-electron chi connectivity index (χ4n) is 4.59. The summed E-state index contributed by atoms with van der Waals surface area (Å²) in [6.07, 6.45) is 0.787. The molecule has 3 rings (SSSR count). The van der Waals surface area contributed by atoms with Gasteiger partial charge in [-0.3, -0.25) is 0 Å². The van der Waals surface area contributed by atoms with Gasteiger partial charge in [-0.05, 0) is 50.3 Å². The Hall–Kier alpha value is -0.300. The molecule has 2 aliphatic heterocycles. The minimum Gasteiger partial charge on any atom is -0.361 e. The Kier molecular flexibility index (Phi) is 6.95. The van der Waals surface area contributed by atoms with Crippen molar-refractivity contribution in [3.8, 4) is 0 Å². The molecule has 0 saturated carbocycles. The molecule has 30 heavy (non-hydrogen) atoms. The third-order valence-corrected chi connectivity index (χ3v) is 8.87. The molecule has 0 N–H and O–H groups in total. The molecule has 2 heterocycles. The molecule has 168 valence electrons. The van der Waals surface area contributed by atoms with E-state index >= 15 is 0 Å². The number of ether oxygens (including phenoxy) is 1. The van der Waals surface area contributed by atoms with Crippen molar-refractivity contribution in [2.45, 2.75) is 67.9 Å². The molecule has 1 aromatic carbocycles. The van der Waals surface area contributed by atoms with Gasteiger partial charge in [0.15, 0.2) is 0 Å². The summed E-state index contributed by atoms with van der Waals surface area (Å²) in [4.78, 5) is 0.287. The highest BCUT2D eigenvalue weighted by Crippen LogP contribution is 2.50. The Morgan fingerprint density at radius 1 is 1.20 bits per heavy atom. The maximum atomic E-state index is 13.3. The van der Waals surface area contributed by atoms with Gasteiger partial charge in [0.05, 0.1) is 4.90 Å². The lowest BCUT2D eigenvalue weighted by Gasteiger charge is -2.45. The zero-order valence-electron chi connectivity index (χ0n) is 18.1. The van der Waals surface area contributed by atoms with Gasteiger partial charge in [0.2, 0.25) is 13.8 Å². The van der Waals surface area contributed by atoms with Crippen LogP contribution in [0.5, 0.6) is 0 Å². The molecule has 0 aliphatic carbocycles. The molecule has 0 unspecified atom stereocenters. The number of benzene rings is 1. The first kappa shape index (κ1) is 24.3. The molecule has 1 saturated heterocycles. The van der Waals surface area contributed by atoms with Crippen molar-refractivity contribution in [2.75, 3.05) is 13.1 Å². The fourth-order valence-corrected chi connectivity index (χ4v) is 6.52. The first-order chi connectivity index (χ1) is 13.8. The number of rotatable bonds is 4. The molecule has 0 bridgehead atoms. The Morgan fingerprint density at radius 2 is 1.80 bits per heavy atom. The van der Waals surface area contributed by atoms with E-state index in [0.717, 1.165) is 17.6 Å². The molecule has 0 amide bonds. The quantitative estimate of drug-likeness (QED) is 0.387. The van der Waals surface area contributed by atoms with E-state index in [1.807, 2.05) is 32.9 Å². The van der Waals surface area contributed by atoms with E-state index in [0.29, 0.717) is 18.9 Å². The van der Waals surface area contributed by atoms with E-state index in [1.165, 1.54) is 9.88 Å². The second-order valence-electron chi connectivity index (χ2n) is 9.08. The lowest BCUT2D eigenvalue weighted by molar-refractivity contribution is -0.0908. The van der Waals surface area contributed by atoms with Crippen molar-refractivity contribution in [3.63, 3.8) is 0 Å². The Morgan fingerprint density at radius 3 is 2.33 bits per heavy atom. The van der Waals surface area contributed by atoms with Gasteiger partial charge >= 0.3 is 0 Å². The van der Waals surface area contributed by atoms with E-state index in [4.69, 9.17) is 39.5 Å². The van der Waals surface area contributed by atoms with E-state index in [1.54, 1.807) is 12.1 Å². The standard InChI is InChI=1S/C22H30Cl3NO3S/c1-14(2)10-18-11-20(22(23,24)25)29-21(17(18)5)13-26(12-16(21)4)30(27,28)19-8-6-15(3)7-9-19/h6-9,14,16,20H,10-13H2,1-5H3/t16-,20+,21-/m0/s1. The molecule has 0 radical (unpaired) electrons. The lowest BCUT2D eigenvalue weighted by Crippen LogP contribution is -2.51. The lowest BCUT2D eigenvalue weighted by atomic mass is 9.77. The predicted molar refractivity (Wildman–Crippen MR) is 124 cm³/mol. The Labute approximate surface area is 195 Å². The van der Waals surface area contributed by atoms with Crippen LogP contribution in [-0.2, 0) is 14.8 Å². The van der Waals surface area contributed by atoms with Crippen LogP contribution in [0, 0.1) is 18.8 Å². The molecular weight excluding hydrogens is 465 g/mol. The van der Waals surface area contributed by atoms with Gasteiger partial charge in [-0.15, -0.1) is 0 Å². The Bertz CT molecular complexity index is 922. The average molecular weight is 495 g/mol. The summed E-state index contributed by atoms with van der Waals surface area (Å²) in [5, 5.41) is 0. The number of alkyl halides is 3. The summed E-state index contributed by atoms with van der Waals surface area (Å²) in [7, 11) is -3.65. The van der Waals surface area contributed by atoms with Gasteiger partial charge in [-0.2, -0.15) is 4.31 Å². The van der Waals surface area contributed by atoms with Crippen LogP contribution < -0.4 is 0 Å². The molecular formula is C22H30Cl3NO3S. The van der Waals surface area contributed by atoms with Crippen molar-refractivity contribution in [3.05, 3.63) is 41.0 Å². The van der Waals surface area contributed by atoms with Gasteiger partial charge in [0.1, 0.15) is 11.7 Å². The zero-order valence-corrected chi connectivity index (χ0v) is 21.2. The summed E-state index contributed by atoms with van der Waals surface area (Å²) in [5.41, 5.74) is 2.50. The summed E-state index contributed by atoms with van der Waals surface area (Å²) < 4.78 is 33.1. The number of nitrogens with zero attached hydrogens (tertiary/aromatic N) is 1. The van der Waals surface area contributed by atoms with Gasteiger partial charge in [-0.1, -0.05) is 78.8 Å². The minimum atomic E-state index is -3.65. The van der Waals surface area contributed by atoms with E-state index in [9.17, 15) is 8.42 Å². The van der Waals surface area contributed by atoms with Crippen LogP contribution in [0.1, 0.15) is 46.1 Å². The Balaban J connectivity index is 2.01. The SMILES string of the molecule is CC1=C(CC(C)C)C[C@H](C(Cl)(Cl)Cl)O[C@]12CN(S(=O)(=O)c1ccc(C)cc1)C[C@@H]2C. The monoisotopic (exact) mass is 493 g/mol. The number of halogens is 3. The minimum absolute atomic E-state index is 0.0740. The van der Waals surface area contributed by atoms with Crippen LogP contribution >= 0.6 is 34.8 Å². The first-order valence-electron chi connectivity index (χ1n) is 10.3. The van der Waals surface area contributed by atoms with Crippen LogP contribution in [0.3, 0.4) is 0 Å². The molecule has 0 aromatic heterocycles. The third-order valence-electron chi connectivity index (χ3n) is 6.31. The number of aryl methyl sites for hydroxylation is 1. The molecule has 1 spiro atoms. The van der Waals surface area contributed by atoms with Crippen molar-refractivity contribution in [2.24, 2.45) is 11.8 Å². The van der Waals surface area contributed by atoms with Crippen LogP contribution in [-0.4, -0.2) is 41.3 Å². The van der Waals surface area contributed by atoms with Crippen molar-refractivity contribution < 1.29 is 13.2 Å². The van der Waals surface area contributed by atoms with Gasteiger partial charge < -0.3 is 4.74 Å². The largest absolute Gasteiger partial charge is 0.361 e. The van der Waals surface area contributed by atoms with Gasteiger partial charge in [0, 0.05) is 19.0 Å². The molecule has 1 fully saturated rings. The third kappa shape index (κ3) is 4.57. The molecule has 2 aliphatic rings. The summed E-state index contributed by atoms with van der Waals surface area (Å²) in [6, 6.07) is 6.92. The second-order valence-corrected chi connectivity index (χ2v) is 13.4. The van der Waals surface area contributed by atoms with Crippen LogP contribution in [0.25, 0.3) is 0 Å². The van der Waals surface area contributed by atoms with E-state index in [-0.39, 0.29) is 17.4 Å². The highest BCUT2D eigenvalue weighted by molar-refractivity contribution is 7.89. The van der Waals surface area contributed by atoms with Crippen molar-refractivity contribution in [1.29, 1.82) is 0 Å². The smallest absolute Gasteiger partial charge is 0.243 e. The van der Waals surface area contributed by atoms with Gasteiger partial charge in [0.25, 0.3) is 0 Å².